The predicted molar refractivity (Wildman–Crippen MR) is 85.4 cm³/mol. The highest BCUT2D eigenvalue weighted by Gasteiger charge is 2.28. The second-order valence-corrected chi connectivity index (χ2v) is 6.35. The van der Waals surface area contributed by atoms with E-state index in [1.54, 1.807) is 0 Å². The monoisotopic (exact) mass is 275 g/mol. The van der Waals surface area contributed by atoms with Crippen molar-refractivity contribution in [2.75, 3.05) is 19.7 Å². The fourth-order valence-corrected chi connectivity index (χ4v) is 3.26. The van der Waals surface area contributed by atoms with Crippen LogP contribution in [0, 0.1) is 11.8 Å². The molecule has 2 rings (SSSR count). The van der Waals surface area contributed by atoms with E-state index in [0.29, 0.717) is 0 Å². The van der Waals surface area contributed by atoms with E-state index in [9.17, 15) is 0 Å². The molecule has 1 fully saturated rings. The van der Waals surface area contributed by atoms with Crippen molar-refractivity contribution in [2.45, 2.75) is 46.0 Å². The third kappa shape index (κ3) is 4.24. The molecule has 0 aliphatic heterocycles. The number of rotatable bonds is 7. The van der Waals surface area contributed by atoms with Crippen molar-refractivity contribution in [2.24, 2.45) is 11.8 Å². The fourth-order valence-electron chi connectivity index (χ4n) is 3.26. The lowest BCUT2D eigenvalue weighted by atomic mass is 9.89. The Hall–Kier alpha value is -1.02. The second kappa shape index (κ2) is 7.68. The van der Waals surface area contributed by atoms with Gasteiger partial charge in [-0.3, -0.25) is 0 Å². The first-order valence-electron chi connectivity index (χ1n) is 8.14. The maximum atomic E-state index is 5.53. The number of nitrogens with one attached hydrogen (secondary N) is 1. The van der Waals surface area contributed by atoms with E-state index < -0.39 is 0 Å². The number of benzene rings is 1. The van der Waals surface area contributed by atoms with Crippen molar-refractivity contribution in [3.8, 4) is 5.75 Å². The van der Waals surface area contributed by atoms with Crippen LogP contribution < -0.4 is 10.1 Å². The van der Waals surface area contributed by atoms with Gasteiger partial charge in [-0.1, -0.05) is 32.4 Å². The minimum absolute atomic E-state index is 0.727. The maximum absolute atomic E-state index is 5.53. The summed E-state index contributed by atoms with van der Waals surface area (Å²) >= 11 is 0. The number of ether oxygens (including phenoxy) is 1. The fraction of sp³-hybridized carbons (Fsp3) is 0.667. The SMILES string of the molecule is CCOc1ccc(C2CCCC2CNCC(C)C)cc1. The number of hydrogen-bond donors (Lipinski definition) is 1. The molecule has 1 aromatic rings. The van der Waals surface area contributed by atoms with Crippen molar-refractivity contribution < 1.29 is 4.74 Å². The van der Waals surface area contributed by atoms with Gasteiger partial charge >= 0.3 is 0 Å². The highest BCUT2D eigenvalue weighted by Crippen LogP contribution is 2.39. The summed E-state index contributed by atoms with van der Waals surface area (Å²) in [6.07, 6.45) is 4.07. The highest BCUT2D eigenvalue weighted by atomic mass is 16.5. The van der Waals surface area contributed by atoms with Gasteiger partial charge in [0.25, 0.3) is 0 Å². The lowest BCUT2D eigenvalue weighted by Crippen LogP contribution is -2.27. The largest absolute Gasteiger partial charge is 0.494 e. The van der Waals surface area contributed by atoms with E-state index in [1.807, 2.05) is 6.92 Å². The predicted octanol–water partition coefficient (Wildman–Crippen LogP) is 4.21. The molecule has 0 aromatic heterocycles. The van der Waals surface area contributed by atoms with Gasteiger partial charge in [-0.2, -0.15) is 0 Å². The Morgan fingerprint density at radius 3 is 2.60 bits per heavy atom. The van der Waals surface area contributed by atoms with Crippen LogP contribution in [-0.4, -0.2) is 19.7 Å². The van der Waals surface area contributed by atoms with Crippen LogP contribution in [0.4, 0.5) is 0 Å². The van der Waals surface area contributed by atoms with Gasteiger partial charge in [0.15, 0.2) is 0 Å². The van der Waals surface area contributed by atoms with Crippen LogP contribution in [0.2, 0.25) is 0 Å². The first-order chi connectivity index (χ1) is 9.70. The lowest BCUT2D eigenvalue weighted by Gasteiger charge is -2.21. The quantitative estimate of drug-likeness (QED) is 0.804. The van der Waals surface area contributed by atoms with Crippen molar-refractivity contribution in [3.05, 3.63) is 29.8 Å². The molecule has 0 radical (unpaired) electrons. The average Bonchev–Trinajstić information content (AvgIpc) is 2.88. The van der Waals surface area contributed by atoms with Crippen LogP contribution >= 0.6 is 0 Å². The molecule has 1 aliphatic carbocycles. The molecule has 0 amide bonds. The van der Waals surface area contributed by atoms with Crippen LogP contribution in [0.5, 0.6) is 5.75 Å². The smallest absolute Gasteiger partial charge is 0.119 e. The van der Waals surface area contributed by atoms with Crippen LogP contribution in [0.1, 0.15) is 51.5 Å². The molecule has 1 saturated carbocycles. The molecule has 0 saturated heterocycles. The third-order valence-corrected chi connectivity index (χ3v) is 4.24. The van der Waals surface area contributed by atoms with Crippen molar-refractivity contribution in [1.29, 1.82) is 0 Å². The van der Waals surface area contributed by atoms with Crippen LogP contribution in [0.3, 0.4) is 0 Å². The Bertz CT molecular complexity index is 385. The summed E-state index contributed by atoms with van der Waals surface area (Å²) in [5.41, 5.74) is 1.49. The molecule has 2 unspecified atom stereocenters. The standard InChI is InChI=1S/C18H29NO/c1-4-20-17-10-8-15(9-11-17)18-7-5-6-16(18)13-19-12-14(2)3/h8-11,14,16,18-19H,4-7,12-13H2,1-3H3. The summed E-state index contributed by atoms with van der Waals surface area (Å²) in [7, 11) is 0. The van der Waals surface area contributed by atoms with E-state index in [2.05, 4.69) is 43.4 Å². The van der Waals surface area contributed by atoms with E-state index >= 15 is 0 Å². The third-order valence-electron chi connectivity index (χ3n) is 4.24. The van der Waals surface area contributed by atoms with E-state index in [0.717, 1.165) is 43.2 Å². The van der Waals surface area contributed by atoms with Crippen molar-refractivity contribution in [3.63, 3.8) is 0 Å². The maximum Gasteiger partial charge on any atom is 0.119 e. The van der Waals surface area contributed by atoms with Gasteiger partial charge in [0.2, 0.25) is 0 Å². The summed E-state index contributed by atoms with van der Waals surface area (Å²) in [6, 6.07) is 8.76. The minimum atomic E-state index is 0.727. The van der Waals surface area contributed by atoms with Gasteiger partial charge in [-0.15, -0.1) is 0 Å². The van der Waals surface area contributed by atoms with E-state index in [-0.39, 0.29) is 0 Å². The van der Waals surface area contributed by atoms with E-state index in [4.69, 9.17) is 4.74 Å². The van der Waals surface area contributed by atoms with Crippen molar-refractivity contribution in [1.82, 2.24) is 5.32 Å². The molecule has 1 aromatic carbocycles. The topological polar surface area (TPSA) is 21.3 Å². The molecule has 2 atom stereocenters. The first kappa shape index (κ1) is 15.4. The molecule has 1 N–H and O–H groups in total. The summed E-state index contributed by atoms with van der Waals surface area (Å²) in [4.78, 5) is 0. The zero-order chi connectivity index (χ0) is 14.4. The Morgan fingerprint density at radius 2 is 1.95 bits per heavy atom. The van der Waals surface area contributed by atoms with E-state index in [1.165, 1.54) is 24.8 Å². The van der Waals surface area contributed by atoms with Gasteiger partial charge in [0.05, 0.1) is 6.61 Å². The average molecular weight is 275 g/mol. The van der Waals surface area contributed by atoms with Crippen LogP contribution in [0.15, 0.2) is 24.3 Å². The first-order valence-corrected chi connectivity index (χ1v) is 8.14. The summed E-state index contributed by atoms with van der Waals surface area (Å²) in [5, 5.41) is 3.63. The van der Waals surface area contributed by atoms with Gasteiger partial charge in [-0.05, 0) is 68.3 Å². The van der Waals surface area contributed by atoms with Gasteiger partial charge in [-0.25, -0.2) is 0 Å². The Labute approximate surface area is 123 Å². The van der Waals surface area contributed by atoms with Crippen molar-refractivity contribution >= 4 is 0 Å². The zero-order valence-electron chi connectivity index (χ0n) is 13.2. The Morgan fingerprint density at radius 1 is 1.20 bits per heavy atom. The molecule has 1 aliphatic rings. The lowest BCUT2D eigenvalue weighted by molar-refractivity contribution is 0.340. The second-order valence-electron chi connectivity index (χ2n) is 6.35. The van der Waals surface area contributed by atoms with Gasteiger partial charge < -0.3 is 10.1 Å². The van der Waals surface area contributed by atoms with Crippen LogP contribution in [-0.2, 0) is 0 Å². The highest BCUT2D eigenvalue weighted by molar-refractivity contribution is 5.30. The molecular weight excluding hydrogens is 246 g/mol. The Kier molecular flexibility index (Phi) is 5.90. The molecule has 0 spiro atoms. The molecule has 2 heteroatoms. The normalized spacial score (nSPS) is 22.4. The van der Waals surface area contributed by atoms with Crippen LogP contribution in [0.25, 0.3) is 0 Å². The Balaban J connectivity index is 1.92. The number of hydrogen-bond acceptors (Lipinski definition) is 2. The summed E-state index contributed by atoms with van der Waals surface area (Å²) in [6.45, 7) is 9.60. The summed E-state index contributed by atoms with van der Waals surface area (Å²) in [5.74, 6) is 3.25. The minimum Gasteiger partial charge on any atom is -0.494 e. The molecule has 112 valence electrons. The summed E-state index contributed by atoms with van der Waals surface area (Å²) < 4.78 is 5.53. The zero-order valence-corrected chi connectivity index (χ0v) is 13.2. The molecule has 20 heavy (non-hydrogen) atoms. The molecule has 0 bridgehead atoms. The molecular formula is C18H29NO. The molecule has 0 heterocycles. The van der Waals surface area contributed by atoms with Gasteiger partial charge in [0, 0.05) is 0 Å². The van der Waals surface area contributed by atoms with Gasteiger partial charge in [0.1, 0.15) is 5.75 Å². The molecule has 2 nitrogen and oxygen atoms in total.